The van der Waals surface area contributed by atoms with Crippen LogP contribution in [0, 0.1) is 10.1 Å². The minimum atomic E-state index is -0.391. The lowest BCUT2D eigenvalue weighted by molar-refractivity contribution is -0.384. The molecule has 0 amide bonds. The lowest BCUT2D eigenvalue weighted by Gasteiger charge is -2.32. The molecule has 1 atom stereocenters. The van der Waals surface area contributed by atoms with Crippen LogP contribution in [0.15, 0.2) is 35.8 Å². The summed E-state index contributed by atoms with van der Waals surface area (Å²) in [4.78, 5) is 17.9. The Morgan fingerprint density at radius 2 is 2.35 bits per heavy atom. The zero-order chi connectivity index (χ0) is 13.9. The zero-order valence-electron chi connectivity index (χ0n) is 10.6. The van der Waals surface area contributed by atoms with E-state index in [9.17, 15) is 10.1 Å². The Kier molecular flexibility index (Phi) is 3.62. The third-order valence-corrected chi connectivity index (χ3v) is 4.15. The van der Waals surface area contributed by atoms with E-state index < -0.39 is 4.92 Å². The fraction of sp³-hybridized carbons (Fsp3) is 0.308. The van der Waals surface area contributed by atoms with Gasteiger partial charge in [0.05, 0.1) is 18.1 Å². The molecule has 6 nitrogen and oxygen atoms in total. The van der Waals surface area contributed by atoms with Gasteiger partial charge in [-0.15, -0.1) is 11.3 Å². The third kappa shape index (κ3) is 2.50. The van der Waals surface area contributed by atoms with Crippen LogP contribution in [0.1, 0.15) is 11.0 Å². The molecule has 2 aromatic rings. The normalized spacial score (nSPS) is 19.0. The van der Waals surface area contributed by atoms with Crippen LogP contribution in [0.25, 0.3) is 0 Å². The number of ether oxygens (including phenoxy) is 1. The highest BCUT2D eigenvalue weighted by molar-refractivity contribution is 7.10. The molecule has 7 heteroatoms. The largest absolute Gasteiger partial charge is 0.369 e. The molecular formula is C13H13N3O3S. The Balaban J connectivity index is 1.86. The number of aromatic nitrogens is 1. The van der Waals surface area contributed by atoms with Crippen molar-refractivity contribution in [2.75, 3.05) is 24.6 Å². The summed E-state index contributed by atoms with van der Waals surface area (Å²) >= 11 is 1.63. The van der Waals surface area contributed by atoms with Crippen LogP contribution in [0.2, 0.25) is 0 Å². The molecule has 0 radical (unpaired) electrons. The summed E-state index contributed by atoms with van der Waals surface area (Å²) in [6.45, 7) is 1.73. The highest BCUT2D eigenvalue weighted by Gasteiger charge is 2.28. The molecule has 0 N–H and O–H groups in total. The first-order valence-electron chi connectivity index (χ1n) is 6.25. The van der Waals surface area contributed by atoms with Gasteiger partial charge in [0.15, 0.2) is 0 Å². The lowest BCUT2D eigenvalue weighted by atomic mass is 10.2. The Morgan fingerprint density at radius 3 is 3.10 bits per heavy atom. The maximum Gasteiger partial charge on any atom is 0.311 e. The summed E-state index contributed by atoms with van der Waals surface area (Å²) in [5.74, 6) is 0.419. The molecule has 3 heterocycles. The number of anilines is 1. The molecule has 0 aromatic carbocycles. The number of morpholine rings is 1. The van der Waals surface area contributed by atoms with Crippen LogP contribution in [0.5, 0.6) is 0 Å². The van der Waals surface area contributed by atoms with Crippen LogP contribution in [0.3, 0.4) is 0 Å². The Hall–Kier alpha value is -1.99. The smallest absolute Gasteiger partial charge is 0.311 e. The predicted molar refractivity (Wildman–Crippen MR) is 76.1 cm³/mol. The van der Waals surface area contributed by atoms with Crippen molar-refractivity contribution in [2.45, 2.75) is 6.10 Å². The number of rotatable bonds is 3. The van der Waals surface area contributed by atoms with E-state index in [0.29, 0.717) is 25.5 Å². The monoisotopic (exact) mass is 291 g/mol. The van der Waals surface area contributed by atoms with Crippen molar-refractivity contribution < 1.29 is 9.66 Å². The summed E-state index contributed by atoms with van der Waals surface area (Å²) in [6.07, 6.45) is 1.53. The number of nitrogens with zero attached hydrogens (tertiary/aromatic N) is 3. The van der Waals surface area contributed by atoms with Crippen molar-refractivity contribution in [3.05, 3.63) is 50.8 Å². The number of hydrogen-bond donors (Lipinski definition) is 0. The van der Waals surface area contributed by atoms with E-state index in [1.54, 1.807) is 23.6 Å². The maximum atomic E-state index is 11.1. The SMILES string of the molecule is O=[N+]([O-])c1cccnc1N1CCO[C@H](c2cccs2)C1. The average molecular weight is 291 g/mol. The zero-order valence-corrected chi connectivity index (χ0v) is 11.5. The first-order valence-corrected chi connectivity index (χ1v) is 7.13. The van der Waals surface area contributed by atoms with Gasteiger partial charge in [0, 0.05) is 23.7 Å². The van der Waals surface area contributed by atoms with E-state index in [4.69, 9.17) is 4.74 Å². The first kappa shape index (κ1) is 13.0. The van der Waals surface area contributed by atoms with E-state index >= 15 is 0 Å². The fourth-order valence-electron chi connectivity index (χ4n) is 2.26. The number of thiophene rings is 1. The van der Waals surface area contributed by atoms with Crippen LogP contribution < -0.4 is 4.90 Å². The van der Waals surface area contributed by atoms with E-state index in [0.717, 1.165) is 4.88 Å². The highest BCUT2D eigenvalue weighted by atomic mass is 32.1. The van der Waals surface area contributed by atoms with E-state index in [1.807, 2.05) is 22.4 Å². The van der Waals surface area contributed by atoms with Gasteiger partial charge in [-0.25, -0.2) is 4.98 Å². The molecule has 104 valence electrons. The van der Waals surface area contributed by atoms with Crippen molar-refractivity contribution >= 4 is 22.8 Å². The molecular weight excluding hydrogens is 278 g/mol. The average Bonchev–Trinajstić information content (AvgIpc) is 3.01. The lowest BCUT2D eigenvalue weighted by Crippen LogP contribution is -2.38. The molecule has 1 fully saturated rings. The Labute approximate surface area is 119 Å². The van der Waals surface area contributed by atoms with Crippen molar-refractivity contribution in [3.63, 3.8) is 0 Å². The van der Waals surface area contributed by atoms with Crippen LogP contribution in [-0.4, -0.2) is 29.6 Å². The van der Waals surface area contributed by atoms with Gasteiger partial charge in [-0.3, -0.25) is 10.1 Å². The predicted octanol–water partition coefficient (Wildman–Crippen LogP) is 2.63. The van der Waals surface area contributed by atoms with Crippen molar-refractivity contribution in [2.24, 2.45) is 0 Å². The molecule has 3 rings (SSSR count). The first-order chi connectivity index (χ1) is 9.75. The van der Waals surface area contributed by atoms with E-state index in [-0.39, 0.29) is 11.8 Å². The van der Waals surface area contributed by atoms with Gasteiger partial charge in [-0.2, -0.15) is 0 Å². The topological polar surface area (TPSA) is 68.5 Å². The molecule has 2 aromatic heterocycles. The van der Waals surface area contributed by atoms with Crippen LogP contribution in [-0.2, 0) is 4.74 Å². The van der Waals surface area contributed by atoms with Crippen molar-refractivity contribution in [3.8, 4) is 0 Å². The van der Waals surface area contributed by atoms with Crippen LogP contribution in [0.4, 0.5) is 11.5 Å². The molecule has 0 aliphatic carbocycles. The molecule has 0 saturated carbocycles. The van der Waals surface area contributed by atoms with Gasteiger partial charge in [0.2, 0.25) is 5.82 Å². The molecule has 0 spiro atoms. The van der Waals surface area contributed by atoms with Crippen LogP contribution >= 0.6 is 11.3 Å². The quantitative estimate of drug-likeness (QED) is 0.642. The standard InChI is InChI=1S/C13H13N3O3S/c17-16(18)10-3-1-5-14-13(10)15-6-7-19-11(9-15)12-4-2-8-20-12/h1-5,8,11H,6-7,9H2/t11-/m0/s1. The third-order valence-electron chi connectivity index (χ3n) is 3.19. The van der Waals surface area contributed by atoms with E-state index in [1.165, 1.54) is 6.07 Å². The van der Waals surface area contributed by atoms with Crippen molar-refractivity contribution in [1.82, 2.24) is 4.98 Å². The Bertz CT molecular complexity index is 603. The van der Waals surface area contributed by atoms with Gasteiger partial charge in [0.25, 0.3) is 0 Å². The number of hydrogen-bond acceptors (Lipinski definition) is 6. The molecule has 20 heavy (non-hydrogen) atoms. The summed E-state index contributed by atoms with van der Waals surface area (Å²) in [7, 11) is 0. The molecule has 1 aliphatic heterocycles. The van der Waals surface area contributed by atoms with Gasteiger partial charge in [0.1, 0.15) is 6.10 Å². The molecule has 0 unspecified atom stereocenters. The fourth-order valence-corrected chi connectivity index (χ4v) is 3.03. The maximum absolute atomic E-state index is 11.1. The number of pyridine rings is 1. The molecule has 0 bridgehead atoms. The second-order valence-electron chi connectivity index (χ2n) is 4.42. The second kappa shape index (κ2) is 5.56. The minimum Gasteiger partial charge on any atom is -0.369 e. The van der Waals surface area contributed by atoms with Gasteiger partial charge >= 0.3 is 5.69 Å². The van der Waals surface area contributed by atoms with Gasteiger partial charge in [-0.1, -0.05) is 6.07 Å². The molecule has 1 aliphatic rings. The van der Waals surface area contributed by atoms with Gasteiger partial charge in [-0.05, 0) is 17.5 Å². The summed E-state index contributed by atoms with van der Waals surface area (Å²) in [6, 6.07) is 7.06. The summed E-state index contributed by atoms with van der Waals surface area (Å²) in [5.41, 5.74) is 0.0410. The minimum absolute atomic E-state index is 0.0410. The van der Waals surface area contributed by atoms with Crippen molar-refractivity contribution in [1.29, 1.82) is 0 Å². The highest BCUT2D eigenvalue weighted by Crippen LogP contribution is 2.31. The summed E-state index contributed by atoms with van der Waals surface area (Å²) in [5, 5.41) is 13.1. The van der Waals surface area contributed by atoms with Gasteiger partial charge < -0.3 is 9.64 Å². The second-order valence-corrected chi connectivity index (χ2v) is 5.40. The summed E-state index contributed by atoms with van der Waals surface area (Å²) < 4.78 is 5.75. The molecule has 1 saturated heterocycles. The number of nitro groups is 1. The van der Waals surface area contributed by atoms with E-state index in [2.05, 4.69) is 4.98 Å². The Morgan fingerprint density at radius 1 is 1.45 bits per heavy atom.